The standard InChI is InChI=1S/C19H30N8O3S/c1-4-24-9-11-25(12-10-24)18-8-7-16(31(29,30)27(5-2)6-3)13-17(18)21-19(28)14-26-15-20-22-23-26/h7-8,13,15H,4-6,9-12,14H2,1-3H3,(H,21,28). The fourth-order valence-corrected chi connectivity index (χ4v) is 5.14. The number of amides is 1. The molecule has 0 atom stereocenters. The van der Waals surface area contributed by atoms with E-state index in [4.69, 9.17) is 0 Å². The summed E-state index contributed by atoms with van der Waals surface area (Å²) in [6.45, 7) is 10.8. The van der Waals surface area contributed by atoms with Crippen LogP contribution in [0.1, 0.15) is 20.8 Å². The monoisotopic (exact) mass is 450 g/mol. The highest BCUT2D eigenvalue weighted by atomic mass is 32.2. The van der Waals surface area contributed by atoms with E-state index >= 15 is 0 Å². The molecule has 11 nitrogen and oxygen atoms in total. The first-order chi connectivity index (χ1) is 14.9. The van der Waals surface area contributed by atoms with E-state index in [-0.39, 0.29) is 17.3 Å². The van der Waals surface area contributed by atoms with Crippen LogP contribution in [-0.2, 0) is 21.4 Å². The molecule has 31 heavy (non-hydrogen) atoms. The molecule has 0 unspecified atom stereocenters. The summed E-state index contributed by atoms with van der Waals surface area (Å²) in [6.07, 6.45) is 1.35. The quantitative estimate of drug-likeness (QED) is 0.587. The molecule has 12 heteroatoms. The van der Waals surface area contributed by atoms with Crippen molar-refractivity contribution in [2.24, 2.45) is 0 Å². The normalized spacial score (nSPS) is 15.4. The van der Waals surface area contributed by atoms with Crippen molar-refractivity contribution in [3.8, 4) is 0 Å². The van der Waals surface area contributed by atoms with Gasteiger partial charge in [-0.2, -0.15) is 4.31 Å². The number of likely N-dealkylation sites (N-methyl/N-ethyl adjacent to an activating group) is 1. The largest absolute Gasteiger partial charge is 0.367 e. The van der Waals surface area contributed by atoms with Crippen molar-refractivity contribution in [2.45, 2.75) is 32.2 Å². The second kappa shape index (κ2) is 10.2. The maximum atomic E-state index is 13.0. The zero-order valence-electron chi connectivity index (χ0n) is 18.2. The van der Waals surface area contributed by atoms with E-state index in [1.54, 1.807) is 32.0 Å². The minimum Gasteiger partial charge on any atom is -0.367 e. The number of hydrogen-bond donors (Lipinski definition) is 1. The summed E-state index contributed by atoms with van der Waals surface area (Å²) in [5, 5.41) is 13.6. The van der Waals surface area contributed by atoms with Crippen molar-refractivity contribution in [3.05, 3.63) is 24.5 Å². The Labute approximate surface area is 183 Å². The summed E-state index contributed by atoms with van der Waals surface area (Å²) >= 11 is 0. The Balaban J connectivity index is 1.91. The van der Waals surface area contributed by atoms with Crippen molar-refractivity contribution in [1.82, 2.24) is 29.4 Å². The molecule has 170 valence electrons. The SMILES string of the molecule is CCN1CCN(c2ccc(S(=O)(=O)N(CC)CC)cc2NC(=O)Cn2cnnn2)CC1. The van der Waals surface area contributed by atoms with E-state index in [1.807, 2.05) is 0 Å². The summed E-state index contributed by atoms with van der Waals surface area (Å²) in [7, 11) is -3.65. The van der Waals surface area contributed by atoms with Crippen LogP contribution in [0.25, 0.3) is 0 Å². The molecule has 2 heterocycles. The van der Waals surface area contributed by atoms with E-state index in [1.165, 1.54) is 15.3 Å². The molecule has 1 aliphatic heterocycles. The van der Waals surface area contributed by atoms with Gasteiger partial charge < -0.3 is 15.1 Å². The number of anilines is 2. The zero-order valence-corrected chi connectivity index (χ0v) is 19.0. The van der Waals surface area contributed by atoms with Crippen molar-refractivity contribution in [3.63, 3.8) is 0 Å². The molecule has 0 spiro atoms. The number of carbonyl (C=O) groups is 1. The first-order valence-electron chi connectivity index (χ1n) is 10.5. The van der Waals surface area contributed by atoms with Gasteiger partial charge in [-0.1, -0.05) is 20.8 Å². The third kappa shape index (κ3) is 5.38. The number of carbonyl (C=O) groups excluding carboxylic acids is 1. The minimum absolute atomic E-state index is 0.0664. The third-order valence-corrected chi connectivity index (χ3v) is 7.49. The molecule has 1 fully saturated rings. The van der Waals surface area contributed by atoms with Gasteiger partial charge in [0.2, 0.25) is 15.9 Å². The Morgan fingerprint density at radius 1 is 1.13 bits per heavy atom. The molecule has 2 aromatic rings. The van der Waals surface area contributed by atoms with Crippen LogP contribution in [0.4, 0.5) is 11.4 Å². The maximum absolute atomic E-state index is 13.0. The number of hydrogen-bond acceptors (Lipinski definition) is 8. The first kappa shape index (κ1) is 23.1. The molecule has 1 aliphatic rings. The molecule has 0 aliphatic carbocycles. The van der Waals surface area contributed by atoms with Gasteiger partial charge in [-0.15, -0.1) is 5.10 Å². The molecule has 0 bridgehead atoms. The van der Waals surface area contributed by atoms with Crippen LogP contribution in [0.15, 0.2) is 29.4 Å². The lowest BCUT2D eigenvalue weighted by Gasteiger charge is -2.36. The van der Waals surface area contributed by atoms with Gasteiger partial charge in [0.15, 0.2) is 0 Å². The van der Waals surface area contributed by atoms with Crippen molar-refractivity contribution in [2.75, 3.05) is 56.0 Å². The summed E-state index contributed by atoms with van der Waals surface area (Å²) in [5.74, 6) is -0.335. The van der Waals surface area contributed by atoms with Crippen LogP contribution in [0, 0.1) is 0 Å². The van der Waals surface area contributed by atoms with Gasteiger partial charge in [0.25, 0.3) is 0 Å². The van der Waals surface area contributed by atoms with E-state index in [0.29, 0.717) is 18.8 Å². The predicted octanol–water partition coefficient (Wildman–Crippen LogP) is 0.484. The van der Waals surface area contributed by atoms with Crippen LogP contribution in [-0.4, -0.2) is 89.6 Å². The average molecular weight is 451 g/mol. The third-order valence-electron chi connectivity index (χ3n) is 5.44. The highest BCUT2D eigenvalue weighted by molar-refractivity contribution is 7.89. The molecular weight excluding hydrogens is 420 g/mol. The Morgan fingerprint density at radius 3 is 2.42 bits per heavy atom. The number of aromatic nitrogens is 4. The summed E-state index contributed by atoms with van der Waals surface area (Å²) < 4.78 is 28.7. The number of nitrogens with one attached hydrogen (secondary N) is 1. The van der Waals surface area contributed by atoms with Gasteiger partial charge in [0, 0.05) is 39.3 Å². The molecule has 0 saturated carbocycles. The Bertz CT molecular complexity index is 968. The Hall–Kier alpha value is -2.57. The van der Waals surface area contributed by atoms with Gasteiger partial charge in [-0.3, -0.25) is 4.79 Å². The van der Waals surface area contributed by atoms with Crippen LogP contribution in [0.3, 0.4) is 0 Å². The van der Waals surface area contributed by atoms with Crippen LogP contribution >= 0.6 is 0 Å². The highest BCUT2D eigenvalue weighted by Gasteiger charge is 2.25. The number of piperazine rings is 1. The van der Waals surface area contributed by atoms with Crippen molar-refractivity contribution in [1.29, 1.82) is 0 Å². The zero-order chi connectivity index (χ0) is 22.4. The topological polar surface area (TPSA) is 117 Å². The fourth-order valence-electron chi connectivity index (χ4n) is 3.66. The summed E-state index contributed by atoms with van der Waals surface area (Å²) in [5.41, 5.74) is 1.27. The second-order valence-electron chi connectivity index (χ2n) is 7.25. The van der Waals surface area contributed by atoms with E-state index in [0.717, 1.165) is 38.4 Å². The van der Waals surface area contributed by atoms with Crippen LogP contribution in [0.5, 0.6) is 0 Å². The molecular formula is C19H30N8O3S. The Morgan fingerprint density at radius 2 is 1.84 bits per heavy atom. The lowest BCUT2D eigenvalue weighted by atomic mass is 10.2. The highest BCUT2D eigenvalue weighted by Crippen LogP contribution is 2.31. The lowest BCUT2D eigenvalue weighted by molar-refractivity contribution is -0.116. The van der Waals surface area contributed by atoms with Crippen molar-refractivity contribution >= 4 is 27.3 Å². The van der Waals surface area contributed by atoms with Gasteiger partial charge in [0.1, 0.15) is 12.9 Å². The van der Waals surface area contributed by atoms with E-state index < -0.39 is 10.0 Å². The molecule has 3 rings (SSSR count). The second-order valence-corrected chi connectivity index (χ2v) is 9.18. The number of sulfonamides is 1. The molecule has 1 saturated heterocycles. The van der Waals surface area contributed by atoms with E-state index in [9.17, 15) is 13.2 Å². The van der Waals surface area contributed by atoms with E-state index in [2.05, 4.69) is 37.6 Å². The van der Waals surface area contributed by atoms with Gasteiger partial charge in [-0.05, 0) is 35.2 Å². The number of nitrogens with zero attached hydrogens (tertiary/aromatic N) is 7. The van der Waals surface area contributed by atoms with Gasteiger partial charge in [0.05, 0.1) is 16.3 Å². The van der Waals surface area contributed by atoms with Crippen molar-refractivity contribution < 1.29 is 13.2 Å². The fraction of sp³-hybridized carbons (Fsp3) is 0.579. The summed E-state index contributed by atoms with van der Waals surface area (Å²) in [6, 6.07) is 4.95. The number of rotatable bonds is 9. The smallest absolute Gasteiger partial charge is 0.246 e. The molecule has 1 aromatic heterocycles. The average Bonchev–Trinajstić information content (AvgIpc) is 3.27. The molecule has 0 radical (unpaired) electrons. The van der Waals surface area contributed by atoms with Gasteiger partial charge in [-0.25, -0.2) is 13.1 Å². The predicted molar refractivity (Wildman–Crippen MR) is 117 cm³/mol. The maximum Gasteiger partial charge on any atom is 0.246 e. The minimum atomic E-state index is -3.65. The lowest BCUT2D eigenvalue weighted by Crippen LogP contribution is -2.46. The van der Waals surface area contributed by atoms with Gasteiger partial charge >= 0.3 is 0 Å². The molecule has 1 aromatic carbocycles. The molecule has 1 amide bonds. The Kier molecular flexibility index (Phi) is 7.57. The molecule has 1 N–H and O–H groups in total. The van der Waals surface area contributed by atoms with Crippen LogP contribution in [0.2, 0.25) is 0 Å². The number of tetrazole rings is 1. The number of benzene rings is 1. The summed E-state index contributed by atoms with van der Waals surface area (Å²) in [4.78, 5) is 17.3. The first-order valence-corrected chi connectivity index (χ1v) is 11.9. The van der Waals surface area contributed by atoms with Crippen LogP contribution < -0.4 is 10.2 Å².